The van der Waals surface area contributed by atoms with Crippen molar-refractivity contribution in [2.24, 2.45) is 0 Å². The van der Waals surface area contributed by atoms with Crippen LogP contribution in [0.5, 0.6) is 0 Å². The summed E-state index contributed by atoms with van der Waals surface area (Å²) in [6.45, 7) is 10.8. The first-order valence-corrected chi connectivity index (χ1v) is 8.99. The Bertz CT molecular complexity index is 532. The minimum Gasteiger partial charge on any atom is -0.444 e. The molecule has 0 aromatic heterocycles. The number of hydrogen-bond acceptors (Lipinski definition) is 3. The van der Waals surface area contributed by atoms with Crippen molar-refractivity contribution in [3.8, 4) is 0 Å². The molecule has 1 saturated carbocycles. The fourth-order valence-electron chi connectivity index (χ4n) is 3.06. The van der Waals surface area contributed by atoms with Crippen LogP contribution in [0.15, 0.2) is 30.3 Å². The number of carbonyl (C=O) groups excluding carboxylic acids is 1. The summed E-state index contributed by atoms with van der Waals surface area (Å²) in [4.78, 5) is 11.8. The van der Waals surface area contributed by atoms with Gasteiger partial charge in [0, 0.05) is 24.0 Å². The molecule has 0 aliphatic heterocycles. The van der Waals surface area contributed by atoms with Gasteiger partial charge in [0.05, 0.1) is 0 Å². The van der Waals surface area contributed by atoms with Gasteiger partial charge in [0.15, 0.2) is 0 Å². The fraction of sp³-hybridized carbons (Fsp3) is 0.650. The molecule has 134 valence electrons. The van der Waals surface area contributed by atoms with Crippen LogP contribution < -0.4 is 10.6 Å². The van der Waals surface area contributed by atoms with Crippen LogP contribution in [-0.2, 0) is 10.2 Å². The maximum absolute atomic E-state index is 11.8. The van der Waals surface area contributed by atoms with Crippen LogP contribution in [0.1, 0.15) is 59.4 Å². The van der Waals surface area contributed by atoms with Gasteiger partial charge < -0.3 is 15.4 Å². The van der Waals surface area contributed by atoms with Gasteiger partial charge in [0.1, 0.15) is 5.60 Å². The number of ether oxygens (including phenoxy) is 1. The minimum atomic E-state index is -0.457. The summed E-state index contributed by atoms with van der Waals surface area (Å²) in [5, 5.41) is 6.55. The highest BCUT2D eigenvalue weighted by Gasteiger charge is 2.43. The normalized spacial score (nSPS) is 18.5. The Hall–Kier alpha value is -1.55. The lowest BCUT2D eigenvalue weighted by molar-refractivity contribution is 0.0504. The first-order chi connectivity index (χ1) is 11.2. The molecule has 1 aromatic rings. The van der Waals surface area contributed by atoms with Gasteiger partial charge in [-0.2, -0.15) is 0 Å². The van der Waals surface area contributed by atoms with E-state index in [1.807, 2.05) is 27.7 Å². The average Bonchev–Trinajstić information content (AvgIpc) is 3.25. The number of amides is 1. The van der Waals surface area contributed by atoms with Crippen molar-refractivity contribution in [1.29, 1.82) is 0 Å². The summed E-state index contributed by atoms with van der Waals surface area (Å²) in [6.07, 6.45) is 3.04. The van der Waals surface area contributed by atoms with E-state index in [4.69, 9.17) is 4.74 Å². The molecular formula is C20H32N2O2. The first-order valence-electron chi connectivity index (χ1n) is 8.99. The van der Waals surface area contributed by atoms with Gasteiger partial charge >= 0.3 is 6.09 Å². The molecule has 4 heteroatoms. The second kappa shape index (κ2) is 7.56. The average molecular weight is 332 g/mol. The number of carbonyl (C=O) groups is 1. The Labute approximate surface area is 146 Å². The molecule has 4 nitrogen and oxygen atoms in total. The number of benzene rings is 1. The van der Waals surface area contributed by atoms with Gasteiger partial charge in [-0.3, -0.25) is 0 Å². The zero-order valence-corrected chi connectivity index (χ0v) is 15.7. The molecule has 2 rings (SSSR count). The Morgan fingerprint density at radius 3 is 2.33 bits per heavy atom. The van der Waals surface area contributed by atoms with Crippen molar-refractivity contribution in [2.45, 2.75) is 77.0 Å². The van der Waals surface area contributed by atoms with Gasteiger partial charge in [0.2, 0.25) is 0 Å². The van der Waals surface area contributed by atoms with Crippen LogP contribution in [-0.4, -0.2) is 30.3 Å². The highest BCUT2D eigenvalue weighted by atomic mass is 16.6. The number of nitrogens with one attached hydrogen (secondary N) is 2. The number of rotatable bonds is 7. The van der Waals surface area contributed by atoms with Crippen LogP contribution in [0.25, 0.3) is 0 Å². The molecule has 0 bridgehead atoms. The summed E-state index contributed by atoms with van der Waals surface area (Å²) >= 11 is 0. The minimum absolute atomic E-state index is 0.0780. The standard InChI is InChI=1S/C20H32N2O2/c1-15(13-16(2)22-18(23)24-19(3,4)5)21-14-20(11-12-20)17-9-7-6-8-10-17/h6-10,15-16,21H,11-14H2,1-5H3,(H,22,23)/t15-,16-/m0/s1. The second-order valence-electron chi connectivity index (χ2n) is 8.21. The summed E-state index contributed by atoms with van der Waals surface area (Å²) < 4.78 is 5.30. The van der Waals surface area contributed by atoms with Crippen LogP contribution in [0, 0.1) is 0 Å². The zero-order valence-electron chi connectivity index (χ0n) is 15.7. The van der Waals surface area contributed by atoms with Crippen LogP contribution in [0.3, 0.4) is 0 Å². The topological polar surface area (TPSA) is 50.4 Å². The van der Waals surface area contributed by atoms with E-state index in [2.05, 4.69) is 47.9 Å². The molecule has 24 heavy (non-hydrogen) atoms. The Morgan fingerprint density at radius 2 is 1.79 bits per heavy atom. The summed E-state index contributed by atoms with van der Waals surface area (Å²) in [6, 6.07) is 11.2. The largest absolute Gasteiger partial charge is 0.444 e. The van der Waals surface area contributed by atoms with Crippen molar-refractivity contribution in [1.82, 2.24) is 10.6 Å². The van der Waals surface area contributed by atoms with E-state index >= 15 is 0 Å². The third-order valence-electron chi connectivity index (χ3n) is 4.50. The van der Waals surface area contributed by atoms with E-state index in [9.17, 15) is 4.79 Å². The summed E-state index contributed by atoms with van der Waals surface area (Å²) in [7, 11) is 0. The van der Waals surface area contributed by atoms with Crippen LogP contribution in [0.4, 0.5) is 4.79 Å². The monoisotopic (exact) mass is 332 g/mol. The Morgan fingerprint density at radius 1 is 1.17 bits per heavy atom. The van der Waals surface area contributed by atoms with Crippen LogP contribution >= 0.6 is 0 Å². The van der Waals surface area contributed by atoms with Crippen molar-refractivity contribution >= 4 is 6.09 Å². The lowest BCUT2D eigenvalue weighted by atomic mass is 9.95. The van der Waals surface area contributed by atoms with Crippen molar-refractivity contribution in [3.05, 3.63) is 35.9 Å². The predicted octanol–water partition coefficient (Wildman–Crippen LogP) is 4.00. The van der Waals surface area contributed by atoms with Crippen molar-refractivity contribution < 1.29 is 9.53 Å². The molecule has 1 aliphatic rings. The molecule has 1 fully saturated rings. The number of alkyl carbamates (subject to hydrolysis) is 1. The van der Waals surface area contributed by atoms with Gasteiger partial charge in [-0.25, -0.2) is 4.79 Å². The molecule has 2 atom stereocenters. The molecule has 0 unspecified atom stereocenters. The van der Waals surface area contributed by atoms with Gasteiger partial charge in [0.25, 0.3) is 0 Å². The second-order valence-corrected chi connectivity index (χ2v) is 8.21. The van der Waals surface area contributed by atoms with E-state index in [0.29, 0.717) is 11.5 Å². The molecule has 0 spiro atoms. The maximum Gasteiger partial charge on any atom is 0.407 e. The van der Waals surface area contributed by atoms with Crippen LogP contribution in [0.2, 0.25) is 0 Å². The Kier molecular flexibility index (Phi) is 5.92. The zero-order chi connectivity index (χ0) is 17.8. The molecule has 2 N–H and O–H groups in total. The van der Waals surface area contributed by atoms with E-state index in [1.54, 1.807) is 0 Å². The lowest BCUT2D eigenvalue weighted by Gasteiger charge is -2.25. The molecule has 1 aliphatic carbocycles. The maximum atomic E-state index is 11.8. The Balaban J connectivity index is 1.73. The first kappa shape index (κ1) is 18.8. The van der Waals surface area contributed by atoms with E-state index < -0.39 is 5.60 Å². The molecular weight excluding hydrogens is 300 g/mol. The summed E-state index contributed by atoms with van der Waals surface area (Å²) in [5.41, 5.74) is 1.30. The molecule has 0 saturated heterocycles. The highest BCUT2D eigenvalue weighted by molar-refractivity contribution is 5.68. The molecule has 1 amide bonds. The van der Waals surface area contributed by atoms with Crippen molar-refractivity contribution in [2.75, 3.05) is 6.54 Å². The predicted molar refractivity (Wildman–Crippen MR) is 98.3 cm³/mol. The molecule has 0 radical (unpaired) electrons. The fourth-order valence-corrected chi connectivity index (χ4v) is 3.06. The third kappa shape index (κ3) is 5.82. The van der Waals surface area contributed by atoms with Gasteiger partial charge in [-0.15, -0.1) is 0 Å². The molecule has 0 heterocycles. The van der Waals surface area contributed by atoms with Gasteiger partial charge in [-0.1, -0.05) is 30.3 Å². The summed E-state index contributed by atoms with van der Waals surface area (Å²) in [5.74, 6) is 0. The third-order valence-corrected chi connectivity index (χ3v) is 4.50. The smallest absolute Gasteiger partial charge is 0.407 e. The highest BCUT2D eigenvalue weighted by Crippen LogP contribution is 2.47. The quantitative estimate of drug-likeness (QED) is 0.793. The van der Waals surface area contributed by atoms with E-state index in [1.165, 1.54) is 18.4 Å². The molecule has 1 aromatic carbocycles. The van der Waals surface area contributed by atoms with E-state index in [0.717, 1.165) is 13.0 Å². The number of hydrogen-bond donors (Lipinski definition) is 2. The SMILES string of the molecule is C[C@@H](C[C@H](C)NC(=O)OC(C)(C)C)NCC1(c2ccccc2)CC1. The van der Waals surface area contributed by atoms with E-state index in [-0.39, 0.29) is 12.1 Å². The van der Waals surface area contributed by atoms with Crippen molar-refractivity contribution in [3.63, 3.8) is 0 Å². The lowest BCUT2D eigenvalue weighted by Crippen LogP contribution is -2.42. The van der Waals surface area contributed by atoms with Gasteiger partial charge in [-0.05, 0) is 59.4 Å².